The number of rotatable bonds is 6. The highest BCUT2D eigenvalue weighted by Crippen LogP contribution is 2.26. The Bertz CT molecular complexity index is 530. The van der Waals surface area contributed by atoms with Crippen LogP contribution in [0.4, 0.5) is 0 Å². The van der Waals surface area contributed by atoms with Gasteiger partial charge in [0.1, 0.15) is 5.78 Å². The Hall–Kier alpha value is -1.19. The van der Waals surface area contributed by atoms with Crippen molar-refractivity contribution in [2.45, 2.75) is 32.3 Å². The number of hydrogen-bond acceptors (Lipinski definition) is 3. The summed E-state index contributed by atoms with van der Waals surface area (Å²) < 4.78 is 6.41. The van der Waals surface area contributed by atoms with Crippen molar-refractivity contribution in [1.29, 1.82) is 0 Å². The molecule has 1 unspecified atom stereocenters. The summed E-state index contributed by atoms with van der Waals surface area (Å²) in [6, 6.07) is 8.24. The molecule has 1 aromatic heterocycles. The molecule has 2 rings (SSSR count). The Kier molecular flexibility index (Phi) is 4.50. The minimum atomic E-state index is 0.160. The van der Waals surface area contributed by atoms with Crippen LogP contribution in [0.5, 0.6) is 0 Å². The third-order valence-electron chi connectivity index (χ3n) is 3.18. The summed E-state index contributed by atoms with van der Waals surface area (Å²) in [6.07, 6.45) is 2.10. The Morgan fingerprint density at radius 2 is 2.17 bits per heavy atom. The highest BCUT2D eigenvalue weighted by molar-refractivity contribution is 7.17. The molecule has 0 aliphatic heterocycles. The van der Waals surface area contributed by atoms with Crippen LogP contribution < -0.4 is 0 Å². The summed E-state index contributed by atoms with van der Waals surface area (Å²) >= 11 is 1.71. The summed E-state index contributed by atoms with van der Waals surface area (Å²) in [5.41, 5.74) is 1.16. The molecule has 0 saturated carbocycles. The largest absolute Gasteiger partial charge is 0.382 e. The highest BCUT2D eigenvalue weighted by Gasteiger charge is 2.10. The summed E-state index contributed by atoms with van der Waals surface area (Å²) in [7, 11) is 1.68. The number of Topliss-reactive ketones (excluding diaryl/α,β-unsaturated/α-hetero) is 1. The molecule has 96 valence electrons. The van der Waals surface area contributed by atoms with Gasteiger partial charge in [0.15, 0.2) is 0 Å². The second-order valence-electron chi connectivity index (χ2n) is 4.56. The highest BCUT2D eigenvalue weighted by atomic mass is 32.1. The van der Waals surface area contributed by atoms with E-state index in [1.807, 2.05) is 19.1 Å². The molecule has 0 N–H and O–H groups in total. The molecule has 18 heavy (non-hydrogen) atoms. The van der Waals surface area contributed by atoms with E-state index < -0.39 is 0 Å². The fourth-order valence-corrected chi connectivity index (χ4v) is 2.92. The normalized spacial score (nSPS) is 12.8. The molecule has 0 fully saturated rings. The fraction of sp³-hybridized carbons (Fsp3) is 0.400. The summed E-state index contributed by atoms with van der Waals surface area (Å²) in [4.78, 5) is 11.9. The molecular formula is C15H18O2S. The molecule has 3 heteroatoms. The van der Waals surface area contributed by atoms with Gasteiger partial charge in [-0.05, 0) is 35.7 Å². The Balaban J connectivity index is 1.99. The maximum absolute atomic E-state index is 11.9. The van der Waals surface area contributed by atoms with E-state index in [0.717, 1.165) is 12.0 Å². The maximum Gasteiger partial charge on any atom is 0.137 e. The minimum Gasteiger partial charge on any atom is -0.382 e. The SMILES string of the molecule is COC(C)CCC(=O)Cc1csc2ccccc12. The Labute approximate surface area is 112 Å². The number of thiophene rings is 1. The number of fused-ring (bicyclic) bond motifs is 1. The smallest absolute Gasteiger partial charge is 0.137 e. The van der Waals surface area contributed by atoms with Gasteiger partial charge in [-0.1, -0.05) is 18.2 Å². The first-order valence-electron chi connectivity index (χ1n) is 6.20. The van der Waals surface area contributed by atoms with Crippen molar-refractivity contribution in [2.24, 2.45) is 0 Å². The van der Waals surface area contributed by atoms with Crippen LogP contribution in [0.25, 0.3) is 10.1 Å². The van der Waals surface area contributed by atoms with Crippen LogP contribution in [-0.4, -0.2) is 19.0 Å². The summed E-state index contributed by atoms with van der Waals surface area (Å²) in [6.45, 7) is 1.99. The van der Waals surface area contributed by atoms with Crippen LogP contribution in [0, 0.1) is 0 Å². The van der Waals surface area contributed by atoms with E-state index in [-0.39, 0.29) is 6.10 Å². The van der Waals surface area contributed by atoms with Gasteiger partial charge in [0.05, 0.1) is 6.10 Å². The molecule has 0 amide bonds. The average Bonchev–Trinajstić information content (AvgIpc) is 2.79. The zero-order valence-electron chi connectivity index (χ0n) is 10.8. The van der Waals surface area contributed by atoms with Gasteiger partial charge in [-0.3, -0.25) is 4.79 Å². The molecule has 1 aromatic carbocycles. The molecule has 0 aliphatic rings. The zero-order chi connectivity index (χ0) is 13.0. The molecule has 2 aromatic rings. The van der Waals surface area contributed by atoms with E-state index in [4.69, 9.17) is 4.74 Å². The first kappa shape index (κ1) is 13.2. The van der Waals surface area contributed by atoms with Gasteiger partial charge in [0.25, 0.3) is 0 Å². The van der Waals surface area contributed by atoms with Crippen molar-refractivity contribution in [3.05, 3.63) is 35.2 Å². The van der Waals surface area contributed by atoms with E-state index in [9.17, 15) is 4.79 Å². The quantitative estimate of drug-likeness (QED) is 0.791. The maximum atomic E-state index is 11.9. The monoisotopic (exact) mass is 262 g/mol. The van der Waals surface area contributed by atoms with E-state index >= 15 is 0 Å². The number of ketones is 1. The molecule has 0 saturated heterocycles. The zero-order valence-corrected chi connectivity index (χ0v) is 11.6. The lowest BCUT2D eigenvalue weighted by Crippen LogP contribution is -2.09. The van der Waals surface area contributed by atoms with Gasteiger partial charge in [0, 0.05) is 24.7 Å². The van der Waals surface area contributed by atoms with Crippen LogP contribution in [-0.2, 0) is 16.0 Å². The number of ether oxygens (including phenoxy) is 1. The standard InChI is InChI=1S/C15H18O2S/c1-11(17-2)7-8-13(16)9-12-10-18-15-6-4-3-5-14(12)15/h3-6,10-11H,7-9H2,1-2H3. The summed E-state index contributed by atoms with van der Waals surface area (Å²) in [5.74, 6) is 0.294. The van der Waals surface area contributed by atoms with Gasteiger partial charge in [-0.25, -0.2) is 0 Å². The van der Waals surface area contributed by atoms with E-state index in [1.165, 1.54) is 10.1 Å². The lowest BCUT2D eigenvalue weighted by Gasteiger charge is -2.07. The van der Waals surface area contributed by atoms with Crippen molar-refractivity contribution < 1.29 is 9.53 Å². The van der Waals surface area contributed by atoms with Gasteiger partial charge in [0.2, 0.25) is 0 Å². The van der Waals surface area contributed by atoms with Crippen LogP contribution in [0.2, 0.25) is 0 Å². The van der Waals surface area contributed by atoms with Crippen molar-refractivity contribution in [3.63, 3.8) is 0 Å². The van der Waals surface area contributed by atoms with E-state index in [0.29, 0.717) is 18.6 Å². The number of carbonyl (C=O) groups is 1. The van der Waals surface area contributed by atoms with Crippen LogP contribution in [0.3, 0.4) is 0 Å². The topological polar surface area (TPSA) is 26.3 Å². The minimum absolute atomic E-state index is 0.160. The average molecular weight is 262 g/mol. The first-order valence-corrected chi connectivity index (χ1v) is 7.08. The van der Waals surface area contributed by atoms with Crippen molar-refractivity contribution >= 4 is 27.2 Å². The number of hydrogen-bond donors (Lipinski definition) is 0. The Morgan fingerprint density at radius 1 is 1.39 bits per heavy atom. The third-order valence-corrected chi connectivity index (χ3v) is 4.19. The van der Waals surface area contributed by atoms with Crippen molar-refractivity contribution in [1.82, 2.24) is 0 Å². The molecule has 0 bridgehead atoms. The lowest BCUT2D eigenvalue weighted by atomic mass is 10.0. The van der Waals surface area contributed by atoms with Crippen LogP contribution in [0.1, 0.15) is 25.3 Å². The van der Waals surface area contributed by atoms with Crippen molar-refractivity contribution in [2.75, 3.05) is 7.11 Å². The lowest BCUT2D eigenvalue weighted by molar-refractivity contribution is -0.119. The van der Waals surface area contributed by atoms with E-state index in [2.05, 4.69) is 17.5 Å². The van der Waals surface area contributed by atoms with Gasteiger partial charge in [-0.15, -0.1) is 11.3 Å². The molecule has 0 aliphatic carbocycles. The second kappa shape index (κ2) is 6.12. The van der Waals surface area contributed by atoms with Gasteiger partial charge >= 0.3 is 0 Å². The third kappa shape index (κ3) is 3.18. The number of carbonyl (C=O) groups excluding carboxylic acids is 1. The molecule has 0 spiro atoms. The molecule has 2 nitrogen and oxygen atoms in total. The molecule has 1 heterocycles. The van der Waals surface area contributed by atoms with Gasteiger partial charge < -0.3 is 4.74 Å². The first-order chi connectivity index (χ1) is 8.70. The van der Waals surface area contributed by atoms with E-state index in [1.54, 1.807) is 18.4 Å². The van der Waals surface area contributed by atoms with Gasteiger partial charge in [-0.2, -0.15) is 0 Å². The van der Waals surface area contributed by atoms with Crippen LogP contribution >= 0.6 is 11.3 Å². The number of methoxy groups -OCH3 is 1. The predicted molar refractivity (Wildman–Crippen MR) is 76.2 cm³/mol. The van der Waals surface area contributed by atoms with Crippen LogP contribution in [0.15, 0.2) is 29.6 Å². The second-order valence-corrected chi connectivity index (χ2v) is 5.47. The van der Waals surface area contributed by atoms with Crippen molar-refractivity contribution in [3.8, 4) is 0 Å². The Morgan fingerprint density at radius 3 is 2.94 bits per heavy atom. The molecular weight excluding hydrogens is 244 g/mol. The molecule has 1 atom stereocenters. The number of benzene rings is 1. The predicted octanol–water partition coefficient (Wildman–Crippen LogP) is 3.83. The molecule has 0 radical (unpaired) electrons. The fourth-order valence-electron chi connectivity index (χ4n) is 1.95. The summed E-state index contributed by atoms with van der Waals surface area (Å²) in [5, 5.41) is 3.32.